The predicted octanol–water partition coefficient (Wildman–Crippen LogP) is 2.04. The van der Waals surface area contributed by atoms with Crippen molar-refractivity contribution in [2.24, 2.45) is 23.2 Å². The monoisotopic (exact) mass is 359 g/mol. The van der Waals surface area contributed by atoms with E-state index < -0.39 is 0 Å². The number of nitrogens with one attached hydrogen (secondary N) is 1. The van der Waals surface area contributed by atoms with Crippen LogP contribution >= 0.6 is 11.6 Å². The molecule has 2 heterocycles. The lowest BCUT2D eigenvalue weighted by Crippen LogP contribution is -2.42. The minimum atomic E-state index is -0.0185. The van der Waals surface area contributed by atoms with Crippen molar-refractivity contribution in [2.75, 3.05) is 13.1 Å². The third-order valence-corrected chi connectivity index (χ3v) is 7.14. The fraction of sp³-hybridized carbons (Fsp3) is 0.632. The molecule has 2 unspecified atom stereocenters. The standard InChI is InChI=1S/C19H22ClN3O2/c20-12-1-2-13(21-9-12)7-17(24)23-4-3-14(10-23)22-18(25)19-8-11-5-15(19)16(19)6-11/h1-2,9,11,14-16H,3-8,10H2,(H,22,25)/t11?,14-,15?,16?,19?/m1/s1. The Balaban J connectivity index is 1.16. The van der Waals surface area contributed by atoms with Gasteiger partial charge in [-0.2, -0.15) is 0 Å². The summed E-state index contributed by atoms with van der Waals surface area (Å²) in [5.41, 5.74) is 0.710. The molecule has 4 saturated carbocycles. The number of amides is 2. The maximum Gasteiger partial charge on any atom is 0.228 e. The topological polar surface area (TPSA) is 62.3 Å². The smallest absolute Gasteiger partial charge is 0.228 e. The van der Waals surface area contributed by atoms with Crippen molar-refractivity contribution in [3.63, 3.8) is 0 Å². The van der Waals surface area contributed by atoms with Gasteiger partial charge in [-0.05, 0) is 55.6 Å². The molecule has 1 N–H and O–H groups in total. The number of hydrogen-bond acceptors (Lipinski definition) is 3. The van der Waals surface area contributed by atoms with Crippen LogP contribution in [0.25, 0.3) is 0 Å². The number of hydrogen-bond donors (Lipinski definition) is 1. The third kappa shape index (κ3) is 2.39. The summed E-state index contributed by atoms with van der Waals surface area (Å²) < 4.78 is 0. The summed E-state index contributed by atoms with van der Waals surface area (Å²) >= 11 is 5.83. The number of aromatic nitrogens is 1. The quantitative estimate of drug-likeness (QED) is 0.894. The number of carbonyl (C=O) groups excluding carboxylic acids is 2. The van der Waals surface area contributed by atoms with Gasteiger partial charge in [-0.1, -0.05) is 11.6 Å². The molecule has 2 amide bonds. The Kier molecular flexibility index (Phi) is 3.40. The van der Waals surface area contributed by atoms with Crippen molar-refractivity contribution in [1.29, 1.82) is 0 Å². The molecule has 6 rings (SSSR count). The summed E-state index contributed by atoms with van der Waals surface area (Å²) in [4.78, 5) is 31.3. The number of carbonyl (C=O) groups is 2. The Hall–Kier alpha value is -1.62. The van der Waals surface area contributed by atoms with Crippen LogP contribution < -0.4 is 5.32 Å². The van der Waals surface area contributed by atoms with E-state index in [1.807, 2.05) is 4.90 Å². The highest BCUT2D eigenvalue weighted by Gasteiger charge is 2.77. The Bertz CT molecular complexity index is 723. The first-order valence-electron chi connectivity index (χ1n) is 9.25. The molecule has 0 aromatic carbocycles. The van der Waals surface area contributed by atoms with Crippen molar-refractivity contribution < 1.29 is 9.59 Å². The van der Waals surface area contributed by atoms with Crippen molar-refractivity contribution in [2.45, 2.75) is 38.1 Å². The van der Waals surface area contributed by atoms with Gasteiger partial charge < -0.3 is 10.2 Å². The van der Waals surface area contributed by atoms with E-state index in [-0.39, 0.29) is 29.7 Å². The Labute approximate surface area is 152 Å². The van der Waals surface area contributed by atoms with Crippen LogP contribution in [0.5, 0.6) is 0 Å². The van der Waals surface area contributed by atoms with Gasteiger partial charge in [0.25, 0.3) is 0 Å². The molecule has 0 spiro atoms. The largest absolute Gasteiger partial charge is 0.351 e. The van der Waals surface area contributed by atoms with Crippen LogP contribution in [0.15, 0.2) is 18.3 Å². The maximum atomic E-state index is 12.8. The molecule has 5 fully saturated rings. The van der Waals surface area contributed by atoms with Crippen LogP contribution in [0.4, 0.5) is 0 Å². The molecule has 25 heavy (non-hydrogen) atoms. The summed E-state index contributed by atoms with van der Waals surface area (Å²) in [6.45, 7) is 1.33. The number of halogens is 1. The van der Waals surface area contributed by atoms with Gasteiger partial charge in [0.1, 0.15) is 0 Å². The summed E-state index contributed by atoms with van der Waals surface area (Å²) in [5.74, 6) is 2.45. The van der Waals surface area contributed by atoms with Crippen LogP contribution in [0.1, 0.15) is 31.4 Å². The second-order valence-electron chi connectivity index (χ2n) is 8.24. The zero-order valence-corrected chi connectivity index (χ0v) is 14.8. The van der Waals surface area contributed by atoms with Crippen LogP contribution in [0.3, 0.4) is 0 Å². The Morgan fingerprint density at radius 3 is 2.76 bits per heavy atom. The van der Waals surface area contributed by atoms with Gasteiger partial charge in [0.15, 0.2) is 0 Å². The van der Waals surface area contributed by atoms with Crippen LogP contribution in [-0.2, 0) is 16.0 Å². The SMILES string of the molecule is O=C(Cc1ccc(Cl)cn1)N1CC[C@@H](NC(=O)C23CC4CC2C3C4)C1. The van der Waals surface area contributed by atoms with Crippen molar-refractivity contribution in [3.8, 4) is 0 Å². The van der Waals surface area contributed by atoms with E-state index in [9.17, 15) is 9.59 Å². The number of pyridine rings is 1. The van der Waals surface area contributed by atoms with Crippen molar-refractivity contribution in [3.05, 3.63) is 29.0 Å². The molecule has 132 valence electrons. The molecule has 4 aliphatic carbocycles. The van der Waals surface area contributed by atoms with Gasteiger partial charge >= 0.3 is 0 Å². The van der Waals surface area contributed by atoms with Crippen LogP contribution in [-0.4, -0.2) is 40.8 Å². The normalized spacial score (nSPS) is 37.4. The van der Waals surface area contributed by atoms with Gasteiger partial charge in [0, 0.05) is 31.0 Å². The molecular weight excluding hydrogens is 338 g/mol. The van der Waals surface area contributed by atoms with Gasteiger partial charge in [0.05, 0.1) is 16.9 Å². The molecule has 3 atom stereocenters. The van der Waals surface area contributed by atoms with E-state index in [1.54, 1.807) is 18.3 Å². The zero-order valence-electron chi connectivity index (χ0n) is 14.1. The lowest BCUT2D eigenvalue weighted by molar-refractivity contribution is -0.130. The summed E-state index contributed by atoms with van der Waals surface area (Å²) in [7, 11) is 0. The Morgan fingerprint density at radius 1 is 1.32 bits per heavy atom. The molecule has 0 radical (unpaired) electrons. The second kappa shape index (κ2) is 5.44. The second-order valence-corrected chi connectivity index (χ2v) is 8.67. The van der Waals surface area contributed by atoms with E-state index in [0.29, 0.717) is 29.9 Å². The van der Waals surface area contributed by atoms with E-state index in [1.165, 1.54) is 12.8 Å². The molecule has 1 aromatic heterocycles. The zero-order chi connectivity index (χ0) is 17.2. The van der Waals surface area contributed by atoms with E-state index in [4.69, 9.17) is 11.6 Å². The predicted molar refractivity (Wildman–Crippen MR) is 92.8 cm³/mol. The van der Waals surface area contributed by atoms with E-state index in [2.05, 4.69) is 10.3 Å². The maximum absolute atomic E-state index is 12.8. The fourth-order valence-electron chi connectivity index (χ4n) is 5.75. The lowest BCUT2D eigenvalue weighted by Gasteiger charge is -2.19. The Morgan fingerprint density at radius 2 is 2.12 bits per heavy atom. The number of likely N-dealkylation sites (tertiary alicyclic amines) is 1. The van der Waals surface area contributed by atoms with Gasteiger partial charge in [-0.25, -0.2) is 0 Å². The van der Waals surface area contributed by atoms with E-state index in [0.717, 1.165) is 24.5 Å². The highest BCUT2D eigenvalue weighted by Crippen LogP contribution is 2.79. The first-order chi connectivity index (χ1) is 12.1. The molecule has 1 aromatic rings. The van der Waals surface area contributed by atoms with Crippen LogP contribution in [0, 0.1) is 23.2 Å². The average molecular weight is 360 g/mol. The van der Waals surface area contributed by atoms with Gasteiger partial charge in [0.2, 0.25) is 11.8 Å². The minimum Gasteiger partial charge on any atom is -0.351 e. The lowest BCUT2D eigenvalue weighted by atomic mass is 10.0. The molecule has 1 aliphatic heterocycles. The molecular formula is C19H22ClN3O2. The van der Waals surface area contributed by atoms with Crippen molar-refractivity contribution >= 4 is 23.4 Å². The first-order valence-corrected chi connectivity index (χ1v) is 9.63. The summed E-state index contributed by atoms with van der Waals surface area (Å²) in [6, 6.07) is 3.64. The molecule has 4 bridgehead atoms. The number of nitrogens with zero attached hydrogens (tertiary/aromatic N) is 2. The summed E-state index contributed by atoms with van der Waals surface area (Å²) in [6.07, 6.45) is 6.33. The fourth-order valence-corrected chi connectivity index (χ4v) is 5.86. The van der Waals surface area contributed by atoms with Crippen molar-refractivity contribution in [1.82, 2.24) is 15.2 Å². The molecule has 6 heteroatoms. The molecule has 1 saturated heterocycles. The minimum absolute atomic E-state index is 0.0185. The average Bonchev–Trinajstić information content (AvgIpc) is 3.18. The van der Waals surface area contributed by atoms with E-state index >= 15 is 0 Å². The third-order valence-electron chi connectivity index (χ3n) is 6.92. The highest BCUT2D eigenvalue weighted by molar-refractivity contribution is 6.30. The molecule has 5 nitrogen and oxygen atoms in total. The number of rotatable bonds is 4. The van der Waals surface area contributed by atoms with Crippen LogP contribution in [0.2, 0.25) is 5.02 Å². The van der Waals surface area contributed by atoms with Gasteiger partial charge in [-0.3, -0.25) is 14.6 Å². The highest BCUT2D eigenvalue weighted by atomic mass is 35.5. The summed E-state index contributed by atoms with van der Waals surface area (Å²) in [5, 5.41) is 3.82. The first kappa shape index (κ1) is 15.6. The molecule has 5 aliphatic rings. The van der Waals surface area contributed by atoms with Gasteiger partial charge in [-0.15, -0.1) is 0 Å².